The van der Waals surface area contributed by atoms with Gasteiger partial charge in [0.1, 0.15) is 11.5 Å². The van der Waals surface area contributed by atoms with E-state index in [1.807, 2.05) is 37.3 Å². The molecule has 0 aromatic heterocycles. The van der Waals surface area contributed by atoms with Crippen LogP contribution in [0.2, 0.25) is 5.02 Å². The number of nitrogens with zero attached hydrogens (tertiary/aromatic N) is 1. The molecule has 4 nitrogen and oxygen atoms in total. The van der Waals surface area contributed by atoms with Gasteiger partial charge in [0.15, 0.2) is 4.32 Å². The molecule has 1 aliphatic heterocycles. The molecule has 3 rings (SSSR count). The van der Waals surface area contributed by atoms with Gasteiger partial charge in [-0.1, -0.05) is 60.7 Å². The fourth-order valence-corrected chi connectivity index (χ4v) is 4.11. The van der Waals surface area contributed by atoms with Crippen LogP contribution in [-0.4, -0.2) is 23.9 Å². The van der Waals surface area contributed by atoms with Gasteiger partial charge in [0, 0.05) is 5.56 Å². The Morgan fingerprint density at radius 3 is 2.70 bits per heavy atom. The molecule has 1 saturated heterocycles. The van der Waals surface area contributed by atoms with E-state index in [0.717, 1.165) is 17.7 Å². The lowest BCUT2D eigenvalue weighted by atomic mass is 10.2. The first-order chi connectivity index (χ1) is 13.0. The summed E-state index contributed by atoms with van der Waals surface area (Å²) in [4.78, 5) is 15.0. The molecule has 1 heterocycles. The van der Waals surface area contributed by atoms with Crippen molar-refractivity contribution in [3.05, 3.63) is 58.0 Å². The van der Waals surface area contributed by atoms with E-state index in [0.29, 0.717) is 32.3 Å². The predicted octanol–water partition coefficient (Wildman–Crippen LogP) is 5.54. The van der Waals surface area contributed by atoms with Crippen molar-refractivity contribution in [2.45, 2.75) is 13.3 Å². The minimum Gasteiger partial charge on any atom is -0.495 e. The summed E-state index contributed by atoms with van der Waals surface area (Å²) in [6.45, 7) is 2.67. The zero-order valence-corrected chi connectivity index (χ0v) is 17.3. The summed E-state index contributed by atoms with van der Waals surface area (Å²) < 4.78 is 11.4. The van der Waals surface area contributed by atoms with E-state index >= 15 is 0 Å². The minimum atomic E-state index is -0.184. The number of para-hydroxylation sites is 1. The number of anilines is 1. The highest BCUT2D eigenvalue weighted by Gasteiger charge is 2.33. The molecule has 0 bridgehead atoms. The van der Waals surface area contributed by atoms with Gasteiger partial charge in [0.25, 0.3) is 5.91 Å². The summed E-state index contributed by atoms with van der Waals surface area (Å²) in [6.07, 6.45) is 2.73. The summed E-state index contributed by atoms with van der Waals surface area (Å²) in [5.74, 6) is 1.11. The molecule has 0 spiro atoms. The van der Waals surface area contributed by atoms with Crippen LogP contribution in [0.5, 0.6) is 11.5 Å². The molecule has 27 heavy (non-hydrogen) atoms. The van der Waals surface area contributed by atoms with Crippen LogP contribution in [0.15, 0.2) is 47.4 Å². The summed E-state index contributed by atoms with van der Waals surface area (Å²) in [7, 11) is 1.54. The number of thioether (sulfide) groups is 1. The average molecular weight is 420 g/mol. The molecule has 2 aromatic carbocycles. The van der Waals surface area contributed by atoms with Gasteiger partial charge < -0.3 is 9.47 Å². The summed E-state index contributed by atoms with van der Waals surface area (Å²) >= 11 is 12.9. The smallest absolute Gasteiger partial charge is 0.270 e. The van der Waals surface area contributed by atoms with Gasteiger partial charge in [-0.05, 0) is 36.8 Å². The van der Waals surface area contributed by atoms with E-state index < -0.39 is 0 Å². The van der Waals surface area contributed by atoms with E-state index in [4.69, 9.17) is 33.3 Å². The standard InChI is InChI=1S/C20H18ClNO3S2/c1-3-10-25-16-7-5-4-6-13(16)11-18-19(23)22(20(26)27-18)14-8-9-17(24-2)15(21)12-14/h4-9,11-12H,3,10H2,1-2H3/b18-11-. The third-order valence-electron chi connectivity index (χ3n) is 3.85. The maximum Gasteiger partial charge on any atom is 0.270 e. The Morgan fingerprint density at radius 1 is 1.22 bits per heavy atom. The van der Waals surface area contributed by atoms with Crippen LogP contribution in [-0.2, 0) is 4.79 Å². The minimum absolute atomic E-state index is 0.184. The number of rotatable bonds is 6. The third-order valence-corrected chi connectivity index (χ3v) is 5.45. The zero-order chi connectivity index (χ0) is 19.4. The molecule has 7 heteroatoms. The number of carbonyl (C=O) groups is 1. The Kier molecular flexibility index (Phi) is 6.42. The number of amides is 1. The molecular weight excluding hydrogens is 402 g/mol. The first kappa shape index (κ1) is 19.7. The quantitative estimate of drug-likeness (QED) is 0.453. The van der Waals surface area contributed by atoms with Crippen molar-refractivity contribution < 1.29 is 14.3 Å². The van der Waals surface area contributed by atoms with Gasteiger partial charge >= 0.3 is 0 Å². The molecule has 2 aromatic rings. The van der Waals surface area contributed by atoms with Crippen molar-refractivity contribution >= 4 is 57.6 Å². The van der Waals surface area contributed by atoms with Gasteiger partial charge in [-0.3, -0.25) is 9.69 Å². The van der Waals surface area contributed by atoms with Gasteiger partial charge in [-0.15, -0.1) is 0 Å². The Labute approximate surface area is 173 Å². The topological polar surface area (TPSA) is 38.8 Å². The molecule has 140 valence electrons. The van der Waals surface area contributed by atoms with E-state index in [9.17, 15) is 4.79 Å². The average Bonchev–Trinajstić information content (AvgIpc) is 2.94. The number of benzene rings is 2. The monoisotopic (exact) mass is 419 g/mol. The van der Waals surface area contributed by atoms with Gasteiger partial charge in [-0.25, -0.2) is 0 Å². The summed E-state index contributed by atoms with van der Waals surface area (Å²) in [5.41, 5.74) is 1.46. The largest absolute Gasteiger partial charge is 0.495 e. The van der Waals surface area contributed by atoms with Crippen molar-refractivity contribution in [1.29, 1.82) is 0 Å². The third kappa shape index (κ3) is 4.29. The Balaban J connectivity index is 1.90. The second-order valence-electron chi connectivity index (χ2n) is 5.72. The van der Waals surface area contributed by atoms with Gasteiger partial charge in [0.05, 0.1) is 29.3 Å². The number of thiocarbonyl (C=S) groups is 1. The predicted molar refractivity (Wildman–Crippen MR) is 116 cm³/mol. The van der Waals surface area contributed by atoms with E-state index in [2.05, 4.69) is 0 Å². The van der Waals surface area contributed by atoms with Crippen LogP contribution in [0.3, 0.4) is 0 Å². The number of carbonyl (C=O) groups excluding carboxylic acids is 1. The van der Waals surface area contributed by atoms with E-state index in [-0.39, 0.29) is 5.91 Å². The number of hydrogen-bond acceptors (Lipinski definition) is 5. The number of ether oxygens (including phenoxy) is 2. The van der Waals surface area contributed by atoms with E-state index in [1.165, 1.54) is 16.7 Å². The van der Waals surface area contributed by atoms with Crippen LogP contribution in [0, 0.1) is 0 Å². The van der Waals surface area contributed by atoms with Gasteiger partial charge in [0.2, 0.25) is 0 Å². The highest BCUT2D eigenvalue weighted by Crippen LogP contribution is 2.39. The molecule has 0 aliphatic carbocycles. The van der Waals surface area contributed by atoms with Crippen molar-refractivity contribution in [3.8, 4) is 11.5 Å². The highest BCUT2D eigenvalue weighted by atomic mass is 35.5. The molecule has 1 amide bonds. The molecule has 0 atom stereocenters. The SMILES string of the molecule is CCCOc1ccccc1/C=C1\SC(=S)N(c2ccc(OC)c(Cl)c2)C1=O. The molecule has 1 fully saturated rings. The van der Waals surface area contributed by atoms with Crippen molar-refractivity contribution in [3.63, 3.8) is 0 Å². The first-order valence-corrected chi connectivity index (χ1v) is 9.98. The van der Waals surface area contributed by atoms with Gasteiger partial charge in [-0.2, -0.15) is 0 Å². The molecular formula is C20H18ClNO3S2. The fourth-order valence-electron chi connectivity index (χ4n) is 2.57. The maximum absolute atomic E-state index is 12.9. The second-order valence-corrected chi connectivity index (χ2v) is 7.81. The lowest BCUT2D eigenvalue weighted by Gasteiger charge is -2.15. The van der Waals surface area contributed by atoms with Crippen LogP contribution in [0.4, 0.5) is 5.69 Å². The first-order valence-electron chi connectivity index (χ1n) is 8.38. The normalized spacial score (nSPS) is 15.5. The van der Waals surface area contributed by atoms with Crippen LogP contribution in [0.25, 0.3) is 6.08 Å². The van der Waals surface area contributed by atoms with Crippen LogP contribution in [0.1, 0.15) is 18.9 Å². The number of methoxy groups -OCH3 is 1. The van der Waals surface area contributed by atoms with Crippen molar-refractivity contribution in [2.24, 2.45) is 0 Å². The van der Waals surface area contributed by atoms with E-state index in [1.54, 1.807) is 25.3 Å². The Bertz CT molecular complexity index is 914. The second kappa shape index (κ2) is 8.78. The molecule has 0 radical (unpaired) electrons. The number of hydrogen-bond donors (Lipinski definition) is 0. The van der Waals surface area contributed by atoms with Crippen LogP contribution >= 0.6 is 35.6 Å². The van der Waals surface area contributed by atoms with Crippen molar-refractivity contribution in [2.75, 3.05) is 18.6 Å². The highest BCUT2D eigenvalue weighted by molar-refractivity contribution is 8.27. The Morgan fingerprint density at radius 2 is 2.00 bits per heavy atom. The molecule has 0 unspecified atom stereocenters. The van der Waals surface area contributed by atoms with Crippen LogP contribution < -0.4 is 14.4 Å². The Hall–Kier alpha value is -2.02. The zero-order valence-electron chi connectivity index (χ0n) is 14.9. The summed E-state index contributed by atoms with van der Waals surface area (Å²) in [5, 5.41) is 0.423. The maximum atomic E-state index is 12.9. The lowest BCUT2D eigenvalue weighted by molar-refractivity contribution is -0.113. The summed E-state index contributed by atoms with van der Waals surface area (Å²) in [6, 6.07) is 12.8. The number of halogens is 1. The fraction of sp³-hybridized carbons (Fsp3) is 0.200. The molecule has 0 saturated carbocycles. The molecule has 0 N–H and O–H groups in total. The lowest BCUT2D eigenvalue weighted by Crippen LogP contribution is -2.27. The molecule has 1 aliphatic rings. The van der Waals surface area contributed by atoms with Crippen molar-refractivity contribution in [1.82, 2.24) is 0 Å².